The summed E-state index contributed by atoms with van der Waals surface area (Å²) in [6.45, 7) is 3.02. The topological polar surface area (TPSA) is 59.0 Å². The lowest BCUT2D eigenvalue weighted by Gasteiger charge is -2.23. The van der Waals surface area contributed by atoms with Crippen LogP contribution in [0.2, 0.25) is 0 Å². The van der Waals surface area contributed by atoms with Gasteiger partial charge in [-0.25, -0.2) is 4.99 Å². The van der Waals surface area contributed by atoms with E-state index in [1.807, 2.05) is 18.5 Å². The highest BCUT2D eigenvalue weighted by Gasteiger charge is 2.28. The lowest BCUT2D eigenvalue weighted by Crippen LogP contribution is -2.29. The zero-order valence-corrected chi connectivity index (χ0v) is 11.2. The van der Waals surface area contributed by atoms with Crippen LogP contribution in [-0.4, -0.2) is 56.6 Å². The molecule has 0 unspecified atom stereocenters. The molecule has 1 aromatic carbocycles. The second kappa shape index (κ2) is 4.49. The third kappa shape index (κ3) is 1.84. The van der Waals surface area contributed by atoms with Gasteiger partial charge in [-0.1, -0.05) is 0 Å². The minimum atomic E-state index is 0.217. The number of methoxy groups -OCH3 is 1. The summed E-state index contributed by atoms with van der Waals surface area (Å²) >= 11 is 0. The van der Waals surface area contributed by atoms with Crippen molar-refractivity contribution in [3.63, 3.8) is 0 Å². The van der Waals surface area contributed by atoms with Crippen molar-refractivity contribution in [2.45, 2.75) is 6.10 Å². The Morgan fingerprint density at radius 3 is 3.15 bits per heavy atom. The van der Waals surface area contributed by atoms with E-state index in [0.717, 1.165) is 36.8 Å². The molecular formula is C14H15N3O3. The summed E-state index contributed by atoms with van der Waals surface area (Å²) in [5, 5.41) is 0. The summed E-state index contributed by atoms with van der Waals surface area (Å²) < 4.78 is 16.4. The van der Waals surface area contributed by atoms with Crippen LogP contribution in [0.1, 0.15) is 5.56 Å². The number of epoxide rings is 1. The molecule has 1 fully saturated rings. The normalized spacial score (nSPS) is 22.1. The highest BCUT2D eigenvalue weighted by Crippen LogP contribution is 2.42. The molecule has 0 saturated carbocycles. The van der Waals surface area contributed by atoms with Gasteiger partial charge >= 0.3 is 0 Å². The largest absolute Gasteiger partial charge is 0.491 e. The predicted octanol–water partition coefficient (Wildman–Crippen LogP) is 1.21. The number of ether oxygens (including phenoxy) is 3. The molecule has 20 heavy (non-hydrogen) atoms. The van der Waals surface area contributed by atoms with Gasteiger partial charge in [-0.3, -0.25) is 4.99 Å². The molecule has 0 radical (unpaired) electrons. The molecule has 104 valence electrons. The van der Waals surface area contributed by atoms with Gasteiger partial charge in [-0.2, -0.15) is 0 Å². The molecule has 1 aromatic rings. The number of aliphatic imine (C=N–C) groups is 2. The quantitative estimate of drug-likeness (QED) is 0.774. The zero-order chi connectivity index (χ0) is 13.5. The van der Waals surface area contributed by atoms with E-state index < -0.39 is 0 Å². The van der Waals surface area contributed by atoms with Crippen LogP contribution in [0.3, 0.4) is 0 Å². The van der Waals surface area contributed by atoms with Crippen LogP contribution >= 0.6 is 0 Å². The Morgan fingerprint density at radius 1 is 1.45 bits per heavy atom. The van der Waals surface area contributed by atoms with Crippen LogP contribution in [0.25, 0.3) is 0 Å². The highest BCUT2D eigenvalue weighted by molar-refractivity contribution is 6.12. The first-order chi connectivity index (χ1) is 9.86. The van der Waals surface area contributed by atoms with Crippen molar-refractivity contribution in [1.29, 1.82) is 0 Å². The van der Waals surface area contributed by atoms with Gasteiger partial charge in [0.25, 0.3) is 0 Å². The first-order valence-electron chi connectivity index (χ1n) is 6.68. The predicted molar refractivity (Wildman–Crippen MR) is 74.5 cm³/mol. The van der Waals surface area contributed by atoms with Gasteiger partial charge in [0.05, 0.1) is 26.6 Å². The average Bonchev–Trinajstić information content (AvgIpc) is 3.18. The third-order valence-electron chi connectivity index (χ3n) is 3.57. The maximum Gasteiger partial charge on any atom is 0.187 e. The molecule has 1 atom stereocenters. The smallest absolute Gasteiger partial charge is 0.187 e. The molecular weight excluding hydrogens is 258 g/mol. The number of rotatable bonds is 4. The molecule has 0 aromatic heterocycles. The van der Waals surface area contributed by atoms with E-state index in [0.29, 0.717) is 18.1 Å². The molecule has 3 heterocycles. The summed E-state index contributed by atoms with van der Waals surface area (Å²) in [5.74, 6) is 2.32. The van der Waals surface area contributed by atoms with Crippen LogP contribution in [0.4, 0.5) is 5.69 Å². The lowest BCUT2D eigenvalue weighted by molar-refractivity contribution is 0.252. The lowest BCUT2D eigenvalue weighted by atomic mass is 10.1. The van der Waals surface area contributed by atoms with Gasteiger partial charge in [0.15, 0.2) is 11.5 Å². The van der Waals surface area contributed by atoms with Crippen LogP contribution < -0.4 is 9.47 Å². The Morgan fingerprint density at radius 2 is 2.35 bits per heavy atom. The number of hydrogen-bond acceptors (Lipinski definition) is 6. The van der Waals surface area contributed by atoms with Crippen molar-refractivity contribution in [2.24, 2.45) is 9.98 Å². The molecule has 6 nitrogen and oxygen atoms in total. The van der Waals surface area contributed by atoms with Crippen molar-refractivity contribution < 1.29 is 14.2 Å². The van der Waals surface area contributed by atoms with Crippen molar-refractivity contribution in [3.8, 4) is 11.5 Å². The highest BCUT2D eigenvalue weighted by atomic mass is 16.6. The molecule has 3 aliphatic heterocycles. The summed E-state index contributed by atoms with van der Waals surface area (Å²) in [6, 6.07) is 3.91. The Balaban J connectivity index is 1.72. The van der Waals surface area contributed by atoms with Crippen LogP contribution in [-0.2, 0) is 4.74 Å². The van der Waals surface area contributed by atoms with Gasteiger partial charge in [0.1, 0.15) is 24.2 Å². The Kier molecular flexibility index (Phi) is 2.63. The molecule has 0 spiro atoms. The second-order valence-electron chi connectivity index (χ2n) is 4.90. The fraction of sp³-hybridized carbons (Fsp3) is 0.429. The monoisotopic (exact) mass is 273 g/mol. The third-order valence-corrected chi connectivity index (χ3v) is 3.57. The van der Waals surface area contributed by atoms with Gasteiger partial charge in [-0.05, 0) is 12.1 Å². The first kappa shape index (κ1) is 11.7. The minimum Gasteiger partial charge on any atom is -0.491 e. The molecule has 0 bridgehead atoms. The van der Waals surface area contributed by atoms with Crippen molar-refractivity contribution in [2.75, 3.05) is 33.4 Å². The van der Waals surface area contributed by atoms with Gasteiger partial charge in [-0.15, -0.1) is 0 Å². The molecule has 0 aliphatic carbocycles. The van der Waals surface area contributed by atoms with E-state index >= 15 is 0 Å². The maximum absolute atomic E-state index is 5.75. The summed E-state index contributed by atoms with van der Waals surface area (Å²) in [7, 11) is 1.63. The Bertz CT molecular complexity index is 608. The Labute approximate surface area is 116 Å². The summed E-state index contributed by atoms with van der Waals surface area (Å²) in [6.07, 6.45) is 2.03. The molecule has 4 rings (SSSR count). The van der Waals surface area contributed by atoms with E-state index in [1.54, 1.807) is 7.11 Å². The summed E-state index contributed by atoms with van der Waals surface area (Å²) in [4.78, 5) is 11.1. The van der Waals surface area contributed by atoms with Gasteiger partial charge in [0.2, 0.25) is 0 Å². The van der Waals surface area contributed by atoms with Crippen LogP contribution in [0.15, 0.2) is 22.1 Å². The number of hydrogen-bond donors (Lipinski definition) is 0. The molecule has 0 N–H and O–H groups in total. The average molecular weight is 273 g/mol. The first-order valence-corrected chi connectivity index (χ1v) is 6.68. The summed E-state index contributed by atoms with van der Waals surface area (Å²) in [5.41, 5.74) is 1.79. The number of nitrogens with zero attached hydrogens (tertiary/aromatic N) is 3. The van der Waals surface area contributed by atoms with Crippen LogP contribution in [0.5, 0.6) is 11.5 Å². The SMILES string of the molecule is COc1c(OC[C@H]2CO2)ccc2c1N=CN1CCN=C21. The van der Waals surface area contributed by atoms with E-state index in [2.05, 4.69) is 14.9 Å². The molecule has 3 aliphatic rings. The fourth-order valence-corrected chi connectivity index (χ4v) is 2.46. The molecule has 6 heteroatoms. The molecule has 0 amide bonds. The van der Waals surface area contributed by atoms with Crippen LogP contribution in [0, 0.1) is 0 Å². The zero-order valence-electron chi connectivity index (χ0n) is 11.2. The van der Waals surface area contributed by atoms with Crippen molar-refractivity contribution in [3.05, 3.63) is 17.7 Å². The Hall–Kier alpha value is -2.08. The maximum atomic E-state index is 5.75. The van der Waals surface area contributed by atoms with E-state index in [1.165, 1.54) is 0 Å². The fourth-order valence-electron chi connectivity index (χ4n) is 2.46. The van der Waals surface area contributed by atoms with Gasteiger partial charge in [0, 0.05) is 12.1 Å². The molecule has 1 saturated heterocycles. The van der Waals surface area contributed by atoms with E-state index in [4.69, 9.17) is 14.2 Å². The standard InChI is InChI=1S/C14H15N3O3/c1-18-13-11(20-7-9-6-19-9)3-2-10-12(13)16-8-17-5-4-15-14(10)17/h2-3,8-9H,4-7H2,1H3/t9-/m1/s1. The second-order valence-corrected chi connectivity index (χ2v) is 4.90. The van der Waals surface area contributed by atoms with Gasteiger partial charge < -0.3 is 19.1 Å². The number of benzene rings is 1. The van der Waals surface area contributed by atoms with Crippen molar-refractivity contribution >= 4 is 17.9 Å². The van der Waals surface area contributed by atoms with E-state index in [-0.39, 0.29) is 6.10 Å². The van der Waals surface area contributed by atoms with Crippen molar-refractivity contribution in [1.82, 2.24) is 4.90 Å². The number of fused-ring (bicyclic) bond motifs is 3. The number of amidine groups is 1. The van der Waals surface area contributed by atoms with E-state index in [9.17, 15) is 0 Å². The minimum absolute atomic E-state index is 0.217.